The first-order valence-electron chi connectivity index (χ1n) is 10.2. The number of benzene rings is 1. The van der Waals surface area contributed by atoms with Gasteiger partial charge < -0.3 is 10.3 Å². The molecule has 0 aliphatic carbocycles. The number of carbonyl (C=O) groups excluding carboxylic acids is 1. The lowest BCUT2D eigenvalue weighted by Crippen LogP contribution is -2.24. The molecule has 3 aromatic heterocycles. The Hall–Kier alpha value is -2.98. The second-order valence-corrected chi connectivity index (χ2v) is 8.72. The highest BCUT2D eigenvalue weighted by atomic mass is 35.5. The highest BCUT2D eigenvalue weighted by Gasteiger charge is 2.31. The third-order valence-electron chi connectivity index (χ3n) is 4.94. The van der Waals surface area contributed by atoms with Crippen molar-refractivity contribution >= 4 is 39.9 Å². The van der Waals surface area contributed by atoms with E-state index in [1.165, 1.54) is 11.3 Å². The molecule has 3 heterocycles. The van der Waals surface area contributed by atoms with Crippen LogP contribution in [0.4, 0.5) is 13.2 Å². The van der Waals surface area contributed by atoms with Crippen molar-refractivity contribution in [3.63, 3.8) is 0 Å². The number of imidazole rings is 1. The number of aromatic nitrogens is 4. The summed E-state index contributed by atoms with van der Waals surface area (Å²) in [5.74, 6) is 0.517. The predicted molar refractivity (Wildman–Crippen MR) is 120 cm³/mol. The number of H-pyrrole nitrogens is 1. The number of carbonyl (C=O) groups is 1. The third-order valence-corrected chi connectivity index (χ3v) is 6.17. The minimum atomic E-state index is -4.53. The summed E-state index contributed by atoms with van der Waals surface area (Å²) in [6.45, 7) is -0.0971. The second kappa shape index (κ2) is 9.88. The van der Waals surface area contributed by atoms with Crippen LogP contribution in [0, 0.1) is 0 Å². The first-order valence-corrected chi connectivity index (χ1v) is 11.4. The molecule has 0 bridgehead atoms. The van der Waals surface area contributed by atoms with Gasteiger partial charge in [-0.2, -0.15) is 13.2 Å². The Labute approximate surface area is 196 Å². The molecule has 0 unspecified atom stereocenters. The molecular weight excluding hydrogens is 475 g/mol. The fourth-order valence-corrected chi connectivity index (χ4v) is 4.28. The molecule has 0 saturated heterocycles. The summed E-state index contributed by atoms with van der Waals surface area (Å²) < 4.78 is 38.1. The second-order valence-electron chi connectivity index (χ2n) is 7.37. The number of rotatable bonds is 8. The number of hydrogen-bond acceptors (Lipinski definition) is 5. The number of aromatic amines is 1. The summed E-state index contributed by atoms with van der Waals surface area (Å²) in [6.07, 6.45) is -0.435. The maximum Gasteiger partial charge on any atom is 0.417 e. The van der Waals surface area contributed by atoms with Gasteiger partial charge in [0.05, 0.1) is 38.9 Å². The summed E-state index contributed by atoms with van der Waals surface area (Å²) >= 11 is 7.27. The number of nitrogens with one attached hydrogen (secondary N) is 2. The van der Waals surface area contributed by atoms with Gasteiger partial charge in [0.2, 0.25) is 0 Å². The van der Waals surface area contributed by atoms with Gasteiger partial charge in [0.25, 0.3) is 5.91 Å². The number of hydrogen-bond donors (Lipinski definition) is 2. The van der Waals surface area contributed by atoms with Crippen LogP contribution < -0.4 is 5.32 Å². The molecule has 33 heavy (non-hydrogen) atoms. The number of amides is 1. The third kappa shape index (κ3) is 5.88. The van der Waals surface area contributed by atoms with Crippen molar-refractivity contribution in [3.8, 4) is 0 Å². The van der Waals surface area contributed by atoms with E-state index in [1.54, 1.807) is 5.38 Å². The normalized spacial score (nSPS) is 11.8. The Morgan fingerprint density at radius 1 is 1.15 bits per heavy atom. The van der Waals surface area contributed by atoms with Crippen molar-refractivity contribution in [1.82, 2.24) is 25.3 Å². The van der Waals surface area contributed by atoms with Crippen LogP contribution in [0.2, 0.25) is 5.02 Å². The first kappa shape index (κ1) is 23.2. The van der Waals surface area contributed by atoms with Crippen LogP contribution in [0.3, 0.4) is 0 Å². The number of thiazole rings is 1. The van der Waals surface area contributed by atoms with E-state index >= 15 is 0 Å². The molecule has 0 aliphatic heterocycles. The van der Waals surface area contributed by atoms with Crippen molar-refractivity contribution in [3.05, 3.63) is 74.7 Å². The van der Waals surface area contributed by atoms with Crippen molar-refractivity contribution in [2.75, 3.05) is 0 Å². The Morgan fingerprint density at radius 3 is 2.70 bits per heavy atom. The number of pyridine rings is 1. The van der Waals surface area contributed by atoms with Gasteiger partial charge in [0.1, 0.15) is 11.5 Å². The van der Waals surface area contributed by atoms with Gasteiger partial charge >= 0.3 is 6.18 Å². The molecule has 0 fully saturated rings. The predicted octanol–water partition coefficient (Wildman–Crippen LogP) is 5.58. The topological polar surface area (TPSA) is 83.6 Å². The number of aryl methyl sites for hydroxylation is 2. The van der Waals surface area contributed by atoms with Crippen molar-refractivity contribution in [1.29, 1.82) is 0 Å². The molecule has 4 rings (SSSR count). The Morgan fingerprint density at radius 2 is 1.94 bits per heavy atom. The zero-order valence-corrected chi connectivity index (χ0v) is 18.8. The van der Waals surface area contributed by atoms with E-state index in [1.807, 2.05) is 24.3 Å². The van der Waals surface area contributed by atoms with Gasteiger partial charge in [-0.25, -0.2) is 9.97 Å². The van der Waals surface area contributed by atoms with Crippen molar-refractivity contribution in [2.24, 2.45) is 0 Å². The molecule has 4 aromatic rings. The Bertz CT molecular complexity index is 1240. The van der Waals surface area contributed by atoms with Crippen LogP contribution in [0.15, 0.2) is 41.9 Å². The summed E-state index contributed by atoms with van der Waals surface area (Å²) in [4.78, 5) is 28.3. The number of halogens is 4. The zero-order chi connectivity index (χ0) is 23.4. The van der Waals surface area contributed by atoms with Crippen molar-refractivity contribution < 1.29 is 18.0 Å². The summed E-state index contributed by atoms with van der Waals surface area (Å²) in [5.41, 5.74) is 1.45. The highest BCUT2D eigenvalue weighted by molar-refractivity contribution is 7.09. The van der Waals surface area contributed by atoms with E-state index in [9.17, 15) is 18.0 Å². The van der Waals surface area contributed by atoms with E-state index in [2.05, 4.69) is 25.3 Å². The minimum Gasteiger partial charge on any atom is -0.345 e. The van der Waals surface area contributed by atoms with Crippen LogP contribution in [0.5, 0.6) is 0 Å². The molecule has 0 atom stereocenters. The maximum absolute atomic E-state index is 12.7. The van der Waals surface area contributed by atoms with Crippen LogP contribution >= 0.6 is 22.9 Å². The molecule has 0 saturated carbocycles. The van der Waals surface area contributed by atoms with Crippen LogP contribution in [0.1, 0.15) is 45.4 Å². The lowest BCUT2D eigenvalue weighted by molar-refractivity contribution is -0.137. The average Bonchev–Trinajstić information content (AvgIpc) is 3.41. The quantitative estimate of drug-likeness (QED) is 0.314. The van der Waals surface area contributed by atoms with E-state index in [-0.39, 0.29) is 23.0 Å². The lowest BCUT2D eigenvalue weighted by Gasteiger charge is -2.09. The lowest BCUT2D eigenvalue weighted by atomic mass is 10.2. The number of fused-ring (bicyclic) bond motifs is 1. The zero-order valence-electron chi connectivity index (χ0n) is 17.2. The SMILES string of the molecule is O=C(NCc1ncc(C(F)(F)F)cc1Cl)c1csc(CCCCc2nc3ccccc3[nH]2)n1. The molecular formula is C22H19ClF3N5OS. The summed E-state index contributed by atoms with van der Waals surface area (Å²) in [6, 6.07) is 8.68. The molecule has 1 aromatic carbocycles. The number of alkyl halides is 3. The maximum atomic E-state index is 12.7. The highest BCUT2D eigenvalue weighted by Crippen LogP contribution is 2.31. The smallest absolute Gasteiger partial charge is 0.345 e. The van der Waals surface area contributed by atoms with Gasteiger partial charge in [-0.15, -0.1) is 11.3 Å². The molecule has 2 N–H and O–H groups in total. The fraction of sp³-hybridized carbons (Fsp3) is 0.273. The van der Waals surface area contributed by atoms with E-state index in [0.717, 1.165) is 53.6 Å². The summed E-state index contributed by atoms with van der Waals surface area (Å²) in [7, 11) is 0. The first-order chi connectivity index (χ1) is 15.8. The molecule has 0 aliphatic rings. The van der Waals surface area contributed by atoms with E-state index < -0.39 is 17.6 Å². The van der Waals surface area contributed by atoms with Gasteiger partial charge in [-0.05, 0) is 37.5 Å². The molecule has 1 amide bonds. The molecule has 0 spiro atoms. The monoisotopic (exact) mass is 493 g/mol. The molecule has 172 valence electrons. The molecule has 0 radical (unpaired) electrons. The Balaban J connectivity index is 1.24. The van der Waals surface area contributed by atoms with E-state index in [4.69, 9.17) is 11.6 Å². The minimum absolute atomic E-state index is 0.0971. The van der Waals surface area contributed by atoms with Gasteiger partial charge in [-0.3, -0.25) is 9.78 Å². The molecule has 11 heteroatoms. The van der Waals surface area contributed by atoms with Gasteiger partial charge in [-0.1, -0.05) is 23.7 Å². The van der Waals surface area contributed by atoms with Crippen LogP contribution in [-0.2, 0) is 25.6 Å². The fourth-order valence-electron chi connectivity index (χ4n) is 3.23. The molecule has 6 nitrogen and oxygen atoms in total. The number of unbranched alkanes of at least 4 members (excludes halogenated alkanes) is 1. The van der Waals surface area contributed by atoms with Crippen molar-refractivity contribution in [2.45, 2.75) is 38.4 Å². The van der Waals surface area contributed by atoms with Gasteiger partial charge in [0.15, 0.2) is 0 Å². The summed E-state index contributed by atoms with van der Waals surface area (Å²) in [5, 5.41) is 4.94. The number of para-hydroxylation sites is 2. The average molecular weight is 494 g/mol. The van der Waals surface area contributed by atoms with Crippen LogP contribution in [0.25, 0.3) is 11.0 Å². The standard InChI is InChI=1S/C22H19ClF3N5OS/c23-14-9-13(22(24,25)26)10-27-17(14)11-28-21(32)18-12-33-20(31-18)8-4-3-7-19-29-15-5-1-2-6-16(15)30-19/h1-2,5-6,9-10,12H,3-4,7-8,11H2,(H,28,32)(H,29,30). The Kier molecular flexibility index (Phi) is 6.94. The number of nitrogens with zero attached hydrogens (tertiary/aromatic N) is 3. The van der Waals surface area contributed by atoms with Crippen LogP contribution in [-0.4, -0.2) is 25.8 Å². The van der Waals surface area contributed by atoms with E-state index in [0.29, 0.717) is 6.20 Å². The van der Waals surface area contributed by atoms with Gasteiger partial charge in [0, 0.05) is 18.0 Å². The largest absolute Gasteiger partial charge is 0.417 e.